The smallest absolute Gasteiger partial charge is 0.312 e. The lowest BCUT2D eigenvalue weighted by Crippen LogP contribution is -2.66. The van der Waals surface area contributed by atoms with Gasteiger partial charge in [0.1, 0.15) is 6.07 Å². The topological polar surface area (TPSA) is 84.2 Å². The minimum Gasteiger partial charge on any atom is -0.469 e. The summed E-state index contributed by atoms with van der Waals surface area (Å²) < 4.78 is 5.42. The number of allylic oxidation sites excluding steroid dienone is 4. The van der Waals surface area contributed by atoms with Gasteiger partial charge in [0.25, 0.3) is 0 Å². The fraction of sp³-hybridized carbons (Fsp3) is 0.758. The number of ketones is 2. The molecule has 0 spiro atoms. The summed E-state index contributed by atoms with van der Waals surface area (Å²) in [7, 11) is 1.49. The third kappa shape index (κ3) is 3.01. The van der Waals surface area contributed by atoms with Gasteiger partial charge in [-0.05, 0) is 97.2 Å². The van der Waals surface area contributed by atoms with E-state index in [4.69, 9.17) is 4.74 Å². The standard InChI is InChI=1S/C33H45NO4/c1-19-20(18-34)26(36)29(4,5)23-10-11-30(6)24(32(19,23)8)16-22(35)25-21-17-28(2,3)12-14-33(21,27(37)38-9)15-13-31(25,30)7/h16,21,23,25H,10-15,17H2,1-9H3/t21-,23-,25-,30+,31+,32-,33-/m0/s1. The zero-order valence-electron chi connectivity index (χ0n) is 24.8. The van der Waals surface area contributed by atoms with Crippen molar-refractivity contribution < 1.29 is 19.1 Å². The highest BCUT2D eigenvalue weighted by molar-refractivity contribution is 6.05. The van der Waals surface area contributed by atoms with Gasteiger partial charge in [0.15, 0.2) is 11.6 Å². The highest BCUT2D eigenvalue weighted by atomic mass is 16.5. The van der Waals surface area contributed by atoms with E-state index in [1.807, 2.05) is 26.8 Å². The molecule has 0 heterocycles. The number of carbonyl (C=O) groups excluding carboxylic acids is 3. The van der Waals surface area contributed by atoms with Crippen LogP contribution in [0.5, 0.6) is 0 Å². The van der Waals surface area contributed by atoms with Crippen molar-refractivity contribution in [3.8, 4) is 6.07 Å². The quantitative estimate of drug-likeness (QED) is 0.357. The molecule has 5 rings (SSSR count). The molecule has 5 aliphatic rings. The fourth-order valence-corrected chi connectivity index (χ4v) is 10.5. The second-order valence-electron chi connectivity index (χ2n) is 15.3. The predicted octanol–water partition coefficient (Wildman–Crippen LogP) is 6.77. The van der Waals surface area contributed by atoms with Gasteiger partial charge in [-0.1, -0.05) is 48.5 Å². The van der Waals surface area contributed by atoms with Gasteiger partial charge in [-0.25, -0.2) is 0 Å². The molecule has 206 valence electrons. The van der Waals surface area contributed by atoms with E-state index in [1.165, 1.54) is 7.11 Å². The largest absolute Gasteiger partial charge is 0.469 e. The molecule has 0 saturated heterocycles. The Morgan fingerprint density at radius 1 is 1.00 bits per heavy atom. The van der Waals surface area contributed by atoms with E-state index in [0.29, 0.717) is 0 Å². The van der Waals surface area contributed by atoms with Crippen LogP contribution in [0.15, 0.2) is 22.8 Å². The first-order valence-corrected chi connectivity index (χ1v) is 14.5. The van der Waals surface area contributed by atoms with Crippen molar-refractivity contribution in [1.82, 2.24) is 0 Å². The average molecular weight is 520 g/mol. The second kappa shape index (κ2) is 7.92. The lowest BCUT2D eigenvalue weighted by Gasteiger charge is -2.69. The van der Waals surface area contributed by atoms with Crippen molar-refractivity contribution in [3.63, 3.8) is 0 Å². The van der Waals surface area contributed by atoms with Crippen molar-refractivity contribution >= 4 is 17.5 Å². The Bertz CT molecular complexity index is 1250. The van der Waals surface area contributed by atoms with Crippen LogP contribution in [0.2, 0.25) is 0 Å². The fourth-order valence-electron chi connectivity index (χ4n) is 10.5. The zero-order valence-corrected chi connectivity index (χ0v) is 24.8. The van der Waals surface area contributed by atoms with Gasteiger partial charge in [0.2, 0.25) is 0 Å². The minimum atomic E-state index is -0.678. The van der Waals surface area contributed by atoms with Gasteiger partial charge in [-0.2, -0.15) is 5.26 Å². The third-order valence-electron chi connectivity index (χ3n) is 13.1. The van der Waals surface area contributed by atoms with Crippen LogP contribution in [0.1, 0.15) is 100 Å². The van der Waals surface area contributed by atoms with Crippen LogP contribution >= 0.6 is 0 Å². The van der Waals surface area contributed by atoms with Crippen molar-refractivity contribution in [2.24, 2.45) is 50.2 Å². The maximum absolute atomic E-state index is 14.5. The van der Waals surface area contributed by atoms with Crippen molar-refractivity contribution in [1.29, 1.82) is 5.26 Å². The molecule has 0 aromatic carbocycles. The Kier molecular flexibility index (Phi) is 5.70. The van der Waals surface area contributed by atoms with E-state index in [9.17, 15) is 19.6 Å². The van der Waals surface area contributed by atoms with E-state index in [0.717, 1.165) is 56.1 Å². The molecular formula is C33H45NO4. The van der Waals surface area contributed by atoms with Crippen LogP contribution in [-0.2, 0) is 19.1 Å². The van der Waals surface area contributed by atoms with Crippen LogP contribution in [0.25, 0.3) is 0 Å². The zero-order chi connectivity index (χ0) is 28.3. The normalized spacial score (nSPS) is 45.1. The minimum absolute atomic E-state index is 0.0261. The molecule has 7 atom stereocenters. The number of esters is 1. The summed E-state index contributed by atoms with van der Waals surface area (Å²) in [6.45, 7) is 17.3. The highest BCUT2D eigenvalue weighted by Gasteiger charge is 2.71. The van der Waals surface area contributed by atoms with Gasteiger partial charge >= 0.3 is 5.97 Å². The first kappa shape index (κ1) is 27.4. The van der Waals surface area contributed by atoms with Crippen LogP contribution < -0.4 is 0 Å². The number of Topliss-reactive ketones (excluding diaryl/α,β-unsaturated/α-hetero) is 1. The van der Waals surface area contributed by atoms with E-state index >= 15 is 0 Å². The van der Waals surface area contributed by atoms with Gasteiger partial charge in [0, 0.05) is 16.7 Å². The molecule has 0 aromatic rings. The van der Waals surface area contributed by atoms with Gasteiger partial charge < -0.3 is 4.74 Å². The van der Waals surface area contributed by atoms with E-state index < -0.39 is 16.2 Å². The van der Waals surface area contributed by atoms with Crippen LogP contribution in [-0.4, -0.2) is 24.6 Å². The van der Waals surface area contributed by atoms with E-state index in [2.05, 4.69) is 40.7 Å². The van der Waals surface area contributed by atoms with Gasteiger partial charge in [-0.15, -0.1) is 0 Å². The molecular weight excluding hydrogens is 474 g/mol. The predicted molar refractivity (Wildman–Crippen MR) is 146 cm³/mol. The second-order valence-corrected chi connectivity index (χ2v) is 15.3. The summed E-state index contributed by atoms with van der Waals surface area (Å²) in [4.78, 5) is 41.3. The summed E-state index contributed by atoms with van der Waals surface area (Å²) in [6.07, 6.45) is 7.78. The Labute approximate surface area is 228 Å². The molecule has 5 aliphatic carbocycles. The number of carbonyl (C=O) groups is 3. The molecule has 0 radical (unpaired) electrons. The lowest BCUT2D eigenvalue weighted by atomic mass is 9.33. The molecule has 5 heteroatoms. The molecule has 3 saturated carbocycles. The molecule has 3 fully saturated rings. The molecule has 0 aromatic heterocycles. The highest BCUT2D eigenvalue weighted by Crippen LogP contribution is 2.75. The maximum atomic E-state index is 14.5. The number of ether oxygens (including phenoxy) is 1. The monoisotopic (exact) mass is 519 g/mol. The van der Waals surface area contributed by atoms with Gasteiger partial charge in [0.05, 0.1) is 18.1 Å². The number of fused-ring (bicyclic) bond motifs is 7. The van der Waals surface area contributed by atoms with Crippen molar-refractivity contribution in [3.05, 3.63) is 22.8 Å². The molecule has 0 aliphatic heterocycles. The molecule has 5 nitrogen and oxygen atoms in total. The summed E-state index contributed by atoms with van der Waals surface area (Å²) in [6, 6.07) is 2.24. The molecule has 0 N–H and O–H groups in total. The number of rotatable bonds is 1. The summed E-state index contributed by atoms with van der Waals surface area (Å²) in [5.41, 5.74) is -0.170. The first-order valence-electron chi connectivity index (χ1n) is 14.5. The Hall–Kier alpha value is -2.22. The average Bonchev–Trinajstić information content (AvgIpc) is 2.84. The van der Waals surface area contributed by atoms with Crippen molar-refractivity contribution in [2.75, 3.05) is 7.11 Å². The Balaban J connectivity index is 1.73. The van der Waals surface area contributed by atoms with Crippen molar-refractivity contribution in [2.45, 2.75) is 100 Å². The number of nitrogens with zero attached hydrogens (tertiary/aromatic N) is 1. The molecule has 0 unspecified atom stereocenters. The summed E-state index contributed by atoms with van der Waals surface area (Å²) >= 11 is 0. The lowest BCUT2D eigenvalue weighted by molar-refractivity contribution is -0.191. The number of methoxy groups -OCH3 is 1. The SMILES string of the molecule is COC(=O)[C@]12CCC(C)(C)C[C@H]1[C@H]1C(=O)C=C3[C@@]4(C)C(C)=C(C#N)C(=O)C(C)(C)[C@@H]4CC[C@@]3(C)[C@]1(C)CC2. The molecule has 0 bridgehead atoms. The number of nitriles is 1. The van der Waals surface area contributed by atoms with Gasteiger partial charge in [-0.3, -0.25) is 14.4 Å². The molecule has 38 heavy (non-hydrogen) atoms. The summed E-state index contributed by atoms with van der Waals surface area (Å²) in [5.74, 6) is -0.367. The van der Waals surface area contributed by atoms with E-state index in [1.54, 1.807) is 0 Å². The number of hydrogen-bond donors (Lipinski definition) is 0. The van der Waals surface area contributed by atoms with Crippen LogP contribution in [0, 0.1) is 61.6 Å². The van der Waals surface area contributed by atoms with E-state index in [-0.39, 0.29) is 57.1 Å². The molecule has 0 amide bonds. The van der Waals surface area contributed by atoms with Crippen LogP contribution in [0.4, 0.5) is 0 Å². The van der Waals surface area contributed by atoms with Crippen LogP contribution in [0.3, 0.4) is 0 Å². The Morgan fingerprint density at radius 2 is 1.63 bits per heavy atom. The number of hydrogen-bond acceptors (Lipinski definition) is 5. The Morgan fingerprint density at radius 3 is 2.24 bits per heavy atom. The summed E-state index contributed by atoms with van der Waals surface area (Å²) in [5, 5.41) is 10.0. The third-order valence-corrected chi connectivity index (χ3v) is 13.1. The maximum Gasteiger partial charge on any atom is 0.312 e. The first-order chi connectivity index (χ1) is 17.5.